The van der Waals surface area contributed by atoms with E-state index in [2.05, 4.69) is 60.7 Å². The summed E-state index contributed by atoms with van der Waals surface area (Å²) in [6, 6.07) is 11.0. The van der Waals surface area contributed by atoms with Gasteiger partial charge in [-0.05, 0) is 24.3 Å². The zero-order chi connectivity index (χ0) is 13.5. The van der Waals surface area contributed by atoms with Gasteiger partial charge in [-0.3, -0.25) is 4.90 Å². The summed E-state index contributed by atoms with van der Waals surface area (Å²) >= 11 is 0. The fraction of sp³-hybridized carbons (Fsp3) is 0.500. The Hall–Kier alpha value is -1.64. The van der Waals surface area contributed by atoms with Crippen molar-refractivity contribution in [1.29, 1.82) is 0 Å². The van der Waals surface area contributed by atoms with Crippen LogP contribution in [0, 0.1) is 5.41 Å². The third kappa shape index (κ3) is 2.29. The maximum atomic E-state index is 4.76. The van der Waals surface area contributed by atoms with Crippen LogP contribution in [0.5, 0.6) is 0 Å². The monoisotopic (exact) mass is 256 g/mol. The molecular weight excluding hydrogens is 234 g/mol. The molecule has 3 nitrogen and oxygen atoms in total. The summed E-state index contributed by atoms with van der Waals surface area (Å²) in [4.78, 5) is 2.45. The highest BCUT2D eigenvalue weighted by molar-refractivity contribution is 5.28. The van der Waals surface area contributed by atoms with Gasteiger partial charge in [0.1, 0.15) is 0 Å². The van der Waals surface area contributed by atoms with E-state index in [0.717, 1.165) is 18.9 Å². The molecule has 2 aliphatic heterocycles. The lowest BCUT2D eigenvalue weighted by atomic mass is 9.82. The van der Waals surface area contributed by atoms with E-state index in [-0.39, 0.29) is 0 Å². The first-order chi connectivity index (χ1) is 9.05. The number of hydrogen-bond donors (Lipinski definition) is 0. The van der Waals surface area contributed by atoms with Crippen molar-refractivity contribution in [3.8, 4) is 0 Å². The quantitative estimate of drug-likeness (QED) is 0.692. The lowest BCUT2D eigenvalue weighted by molar-refractivity contribution is -0.511. The largest absolute Gasteiger partial charge is 0.291 e. The predicted molar refractivity (Wildman–Crippen MR) is 76.1 cm³/mol. The average Bonchev–Trinajstić information content (AvgIpc) is 2.82. The minimum Gasteiger partial charge on any atom is -0.291 e. The van der Waals surface area contributed by atoms with E-state index >= 15 is 0 Å². The second-order valence-electron chi connectivity index (χ2n) is 6.47. The molecule has 19 heavy (non-hydrogen) atoms. The Morgan fingerprint density at radius 1 is 1.21 bits per heavy atom. The molecule has 1 aromatic rings. The van der Waals surface area contributed by atoms with Crippen molar-refractivity contribution in [2.45, 2.75) is 39.7 Å². The molecule has 0 saturated carbocycles. The van der Waals surface area contributed by atoms with E-state index in [1.807, 2.05) is 6.07 Å². The standard InChI is InChI=1S/C16H22N3/c1-16(2,3)14-10-7-11-15-17-19(12-18(14)15)13-8-5-4-6-9-13/h4-6,8-9,11,14H,7,10,12H2,1-3H3/q+1/t14-/m1/s1. The average molecular weight is 256 g/mol. The molecule has 0 spiro atoms. The number of azo groups is 2. The van der Waals surface area contributed by atoms with Crippen molar-refractivity contribution >= 4 is 5.69 Å². The van der Waals surface area contributed by atoms with Gasteiger partial charge in [-0.15, -0.1) is 0 Å². The summed E-state index contributed by atoms with van der Waals surface area (Å²) in [6.07, 6.45) is 4.64. The number of benzene rings is 1. The Bertz CT molecular complexity index is 523. The fourth-order valence-electron chi connectivity index (χ4n) is 3.01. The summed E-state index contributed by atoms with van der Waals surface area (Å²) in [5.41, 5.74) is 1.47. The third-order valence-corrected chi connectivity index (χ3v) is 4.00. The number of nitrogens with zero attached hydrogens (tertiary/aromatic N) is 3. The Labute approximate surface area is 115 Å². The molecule has 100 valence electrons. The van der Waals surface area contributed by atoms with Crippen LogP contribution < -0.4 is 0 Å². The van der Waals surface area contributed by atoms with E-state index in [1.54, 1.807) is 0 Å². The molecule has 0 unspecified atom stereocenters. The minimum atomic E-state index is 0.293. The molecule has 0 aromatic heterocycles. The smallest absolute Gasteiger partial charge is 0.252 e. The Morgan fingerprint density at radius 2 is 1.95 bits per heavy atom. The molecule has 0 amide bonds. The van der Waals surface area contributed by atoms with Crippen LogP contribution in [0.15, 0.2) is 47.3 Å². The number of allylic oxidation sites excluding steroid dienone is 1. The van der Waals surface area contributed by atoms with Gasteiger partial charge in [0.15, 0.2) is 5.82 Å². The van der Waals surface area contributed by atoms with Gasteiger partial charge in [0.05, 0.1) is 0 Å². The molecule has 2 heterocycles. The maximum Gasteiger partial charge on any atom is 0.252 e. The second kappa shape index (κ2) is 4.48. The molecular formula is C16H22N3+. The first-order valence-electron chi connectivity index (χ1n) is 7.07. The first kappa shape index (κ1) is 12.4. The second-order valence-corrected chi connectivity index (χ2v) is 6.47. The zero-order valence-corrected chi connectivity index (χ0v) is 12.0. The summed E-state index contributed by atoms with van der Waals surface area (Å²) in [6.45, 7) is 7.85. The fourth-order valence-corrected chi connectivity index (χ4v) is 3.01. The highest BCUT2D eigenvalue weighted by Crippen LogP contribution is 2.37. The van der Waals surface area contributed by atoms with Gasteiger partial charge in [0.2, 0.25) is 5.69 Å². The van der Waals surface area contributed by atoms with Gasteiger partial charge in [0, 0.05) is 23.3 Å². The molecule has 0 fully saturated rings. The predicted octanol–water partition coefficient (Wildman–Crippen LogP) is 4.11. The Balaban J connectivity index is 1.89. The third-order valence-electron chi connectivity index (χ3n) is 4.00. The molecule has 0 N–H and O–H groups in total. The number of para-hydroxylation sites is 1. The SMILES string of the molecule is CC(C)(C)[C@H]1CCC=C2N=[N+](c3ccccc3)CN21. The molecule has 1 aromatic carbocycles. The van der Waals surface area contributed by atoms with Crippen LogP contribution in [0.3, 0.4) is 0 Å². The number of rotatable bonds is 1. The summed E-state index contributed by atoms with van der Waals surface area (Å²) in [5.74, 6) is 1.15. The van der Waals surface area contributed by atoms with E-state index in [0.29, 0.717) is 11.5 Å². The topological polar surface area (TPSA) is 18.6 Å². The highest BCUT2D eigenvalue weighted by Gasteiger charge is 2.40. The Morgan fingerprint density at radius 3 is 2.63 bits per heavy atom. The van der Waals surface area contributed by atoms with E-state index in [4.69, 9.17) is 5.11 Å². The molecule has 2 aliphatic rings. The molecule has 1 atom stereocenters. The maximum absolute atomic E-state index is 4.76. The van der Waals surface area contributed by atoms with Crippen molar-refractivity contribution in [2.75, 3.05) is 6.67 Å². The first-order valence-corrected chi connectivity index (χ1v) is 7.07. The van der Waals surface area contributed by atoms with Crippen molar-refractivity contribution in [3.05, 3.63) is 42.2 Å². The van der Waals surface area contributed by atoms with Crippen LogP contribution in [0.2, 0.25) is 0 Å². The summed E-state index contributed by atoms with van der Waals surface area (Å²) in [7, 11) is 0. The van der Waals surface area contributed by atoms with Gasteiger partial charge in [0.25, 0.3) is 6.67 Å². The van der Waals surface area contributed by atoms with Gasteiger partial charge in [-0.2, -0.15) is 0 Å². The van der Waals surface area contributed by atoms with Gasteiger partial charge in [-0.1, -0.05) is 43.7 Å². The zero-order valence-electron chi connectivity index (χ0n) is 12.0. The van der Waals surface area contributed by atoms with Crippen molar-refractivity contribution in [3.63, 3.8) is 0 Å². The molecule has 3 heteroatoms. The minimum absolute atomic E-state index is 0.293. The van der Waals surface area contributed by atoms with E-state index in [9.17, 15) is 0 Å². The lowest BCUT2D eigenvalue weighted by Gasteiger charge is -2.38. The summed E-state index contributed by atoms with van der Waals surface area (Å²) < 4.78 is 2.11. The van der Waals surface area contributed by atoms with Crippen LogP contribution in [0.4, 0.5) is 5.69 Å². The normalized spacial score (nSPS) is 22.9. The van der Waals surface area contributed by atoms with E-state index < -0.39 is 0 Å². The van der Waals surface area contributed by atoms with Gasteiger partial charge in [-0.25, -0.2) is 0 Å². The number of hydrogen-bond acceptors (Lipinski definition) is 2. The number of fused-ring (bicyclic) bond motifs is 1. The molecule has 3 rings (SSSR count). The van der Waals surface area contributed by atoms with Crippen molar-refractivity contribution < 1.29 is 4.70 Å². The van der Waals surface area contributed by atoms with E-state index in [1.165, 1.54) is 12.1 Å². The molecule has 0 aliphatic carbocycles. The van der Waals surface area contributed by atoms with Crippen LogP contribution in [0.25, 0.3) is 0 Å². The van der Waals surface area contributed by atoms with Crippen LogP contribution in [-0.2, 0) is 0 Å². The highest BCUT2D eigenvalue weighted by atomic mass is 15.5. The molecule has 0 radical (unpaired) electrons. The molecule has 0 bridgehead atoms. The van der Waals surface area contributed by atoms with Crippen molar-refractivity contribution in [1.82, 2.24) is 4.90 Å². The van der Waals surface area contributed by atoms with Crippen LogP contribution >= 0.6 is 0 Å². The van der Waals surface area contributed by atoms with Gasteiger partial charge < -0.3 is 0 Å². The van der Waals surface area contributed by atoms with Crippen LogP contribution in [-0.4, -0.2) is 22.3 Å². The van der Waals surface area contributed by atoms with Crippen molar-refractivity contribution in [2.24, 2.45) is 10.5 Å². The van der Waals surface area contributed by atoms with Gasteiger partial charge >= 0.3 is 0 Å². The van der Waals surface area contributed by atoms with Crippen LogP contribution in [0.1, 0.15) is 33.6 Å². The molecule has 0 saturated heterocycles. The summed E-state index contributed by atoms with van der Waals surface area (Å²) in [5, 5.41) is 4.76. The lowest BCUT2D eigenvalue weighted by Crippen LogP contribution is -2.44. The Kier molecular flexibility index (Phi) is 2.92.